The largest absolute Gasteiger partial charge is 0.488 e. The van der Waals surface area contributed by atoms with Crippen molar-refractivity contribution in [3.63, 3.8) is 0 Å². The number of ether oxygens (including phenoxy) is 1. The van der Waals surface area contributed by atoms with E-state index >= 15 is 0 Å². The van der Waals surface area contributed by atoms with Gasteiger partial charge < -0.3 is 9.84 Å². The van der Waals surface area contributed by atoms with E-state index in [1.54, 1.807) is 54.6 Å². The van der Waals surface area contributed by atoms with Crippen LogP contribution < -0.4 is 4.74 Å². The van der Waals surface area contributed by atoms with Crippen LogP contribution in [-0.2, 0) is 6.61 Å². The van der Waals surface area contributed by atoms with Crippen molar-refractivity contribution >= 4 is 33.5 Å². The van der Waals surface area contributed by atoms with Crippen LogP contribution in [0.1, 0.15) is 27.0 Å². The minimum Gasteiger partial charge on any atom is -0.488 e. The zero-order valence-electron chi connectivity index (χ0n) is 15.1. The van der Waals surface area contributed by atoms with E-state index in [1.807, 2.05) is 0 Å². The topological polar surface area (TPSA) is 70.3 Å². The molecule has 3 aromatic carbocycles. The molecule has 0 saturated carbocycles. The Morgan fingerprint density at radius 2 is 1.79 bits per heavy atom. The highest BCUT2D eigenvalue weighted by Gasteiger charge is 2.08. The minimum absolute atomic E-state index is 0.0971. The Balaban J connectivity index is 1.78. The van der Waals surface area contributed by atoms with Crippen molar-refractivity contribution in [1.82, 2.24) is 0 Å². The van der Waals surface area contributed by atoms with Crippen LogP contribution in [0.2, 0.25) is 0 Å². The van der Waals surface area contributed by atoms with Gasteiger partial charge in [-0.25, -0.2) is 9.18 Å². The summed E-state index contributed by atoms with van der Waals surface area (Å²) in [4.78, 5) is 11.0. The quantitative estimate of drug-likeness (QED) is 0.372. The Bertz CT molecular complexity index is 1120. The van der Waals surface area contributed by atoms with E-state index in [1.165, 1.54) is 18.2 Å². The lowest BCUT2D eigenvalue weighted by molar-refractivity contribution is 0.0697. The fourth-order valence-corrected chi connectivity index (χ4v) is 3.15. The fraction of sp³-hybridized carbons (Fsp3) is 0.0435. The molecule has 6 heteroatoms. The van der Waals surface area contributed by atoms with Crippen LogP contribution in [0, 0.1) is 17.1 Å². The molecule has 0 aliphatic heterocycles. The van der Waals surface area contributed by atoms with Gasteiger partial charge in [0.2, 0.25) is 0 Å². The van der Waals surface area contributed by atoms with Gasteiger partial charge in [-0.15, -0.1) is 0 Å². The van der Waals surface area contributed by atoms with E-state index in [2.05, 4.69) is 22.0 Å². The van der Waals surface area contributed by atoms with Crippen LogP contribution in [0.25, 0.3) is 11.6 Å². The van der Waals surface area contributed by atoms with E-state index < -0.39 is 5.97 Å². The summed E-state index contributed by atoms with van der Waals surface area (Å²) in [5.41, 5.74) is 2.39. The number of allylic oxidation sites excluding steroid dienone is 1. The van der Waals surface area contributed by atoms with Gasteiger partial charge in [0.15, 0.2) is 0 Å². The van der Waals surface area contributed by atoms with Crippen LogP contribution in [0.5, 0.6) is 5.75 Å². The average molecular weight is 452 g/mol. The number of carboxylic acid groups (broad SMARTS) is 1. The van der Waals surface area contributed by atoms with Crippen molar-refractivity contribution in [2.24, 2.45) is 0 Å². The molecular formula is C23H15BrFNO3. The summed E-state index contributed by atoms with van der Waals surface area (Å²) in [6.07, 6.45) is 1.70. The molecule has 1 N–H and O–H groups in total. The molecule has 4 nitrogen and oxygen atoms in total. The van der Waals surface area contributed by atoms with E-state index in [0.29, 0.717) is 26.9 Å². The Morgan fingerprint density at radius 1 is 1.10 bits per heavy atom. The summed E-state index contributed by atoms with van der Waals surface area (Å²) >= 11 is 3.44. The molecule has 3 rings (SSSR count). The van der Waals surface area contributed by atoms with Crippen molar-refractivity contribution in [3.05, 3.63) is 99.3 Å². The average Bonchev–Trinajstić information content (AvgIpc) is 2.72. The normalized spacial score (nSPS) is 11.0. The summed E-state index contributed by atoms with van der Waals surface area (Å²) in [6.45, 7) is 0.0971. The number of carbonyl (C=O) groups is 1. The number of benzene rings is 3. The first-order valence-corrected chi connectivity index (χ1v) is 9.38. The van der Waals surface area contributed by atoms with Gasteiger partial charge in [0.25, 0.3) is 0 Å². The van der Waals surface area contributed by atoms with Crippen LogP contribution in [0.4, 0.5) is 4.39 Å². The molecule has 0 radical (unpaired) electrons. The Morgan fingerprint density at radius 3 is 2.41 bits per heavy atom. The Labute approximate surface area is 175 Å². The first kappa shape index (κ1) is 20.3. The highest BCUT2D eigenvalue weighted by molar-refractivity contribution is 9.10. The van der Waals surface area contributed by atoms with Crippen LogP contribution in [-0.4, -0.2) is 11.1 Å². The van der Waals surface area contributed by atoms with Crippen molar-refractivity contribution < 1.29 is 19.0 Å². The number of rotatable bonds is 6. The second-order valence-corrected chi connectivity index (χ2v) is 6.98. The third-order valence-corrected chi connectivity index (χ3v) is 4.79. The number of nitriles is 1. The highest BCUT2D eigenvalue weighted by Crippen LogP contribution is 2.29. The van der Waals surface area contributed by atoms with Crippen molar-refractivity contribution in [1.29, 1.82) is 5.26 Å². The van der Waals surface area contributed by atoms with E-state index in [-0.39, 0.29) is 18.0 Å². The minimum atomic E-state index is -1.02. The SMILES string of the molecule is N#C/C(=C/c1ccc(OCc2ccccc2F)c(Br)c1)c1ccc(C(=O)O)cc1. The van der Waals surface area contributed by atoms with Crippen LogP contribution in [0.15, 0.2) is 71.2 Å². The van der Waals surface area contributed by atoms with Gasteiger partial charge in [-0.2, -0.15) is 5.26 Å². The third-order valence-electron chi connectivity index (χ3n) is 4.17. The zero-order chi connectivity index (χ0) is 20.8. The molecule has 0 spiro atoms. The van der Waals surface area contributed by atoms with Gasteiger partial charge in [0, 0.05) is 5.56 Å². The molecule has 0 aliphatic rings. The monoisotopic (exact) mass is 451 g/mol. The summed E-state index contributed by atoms with van der Waals surface area (Å²) in [5.74, 6) is -0.792. The maximum absolute atomic E-state index is 13.7. The molecule has 144 valence electrons. The van der Waals surface area contributed by atoms with Gasteiger partial charge in [-0.05, 0) is 63.5 Å². The van der Waals surface area contributed by atoms with Crippen molar-refractivity contribution in [3.8, 4) is 11.8 Å². The predicted molar refractivity (Wildman–Crippen MR) is 112 cm³/mol. The first-order chi connectivity index (χ1) is 14.0. The molecule has 0 atom stereocenters. The molecule has 0 amide bonds. The standard InChI is InChI=1S/C23H15BrFNO3/c24-20-12-15(5-10-22(20)29-14-18-3-1-2-4-21(18)25)11-19(13-26)16-6-8-17(9-7-16)23(27)28/h1-12H,14H2,(H,27,28)/b19-11-. The van der Waals surface area contributed by atoms with E-state index in [0.717, 1.165) is 5.56 Å². The summed E-state index contributed by atoms with van der Waals surface area (Å²) in [6, 6.07) is 20.0. The third kappa shape index (κ3) is 5.09. The number of hydrogen-bond acceptors (Lipinski definition) is 3. The van der Waals surface area contributed by atoms with Crippen LogP contribution >= 0.6 is 15.9 Å². The summed E-state index contributed by atoms with van der Waals surface area (Å²) < 4.78 is 20.1. The number of aromatic carboxylic acids is 1. The lowest BCUT2D eigenvalue weighted by atomic mass is 10.0. The Kier molecular flexibility index (Phi) is 6.43. The molecular weight excluding hydrogens is 437 g/mol. The zero-order valence-corrected chi connectivity index (χ0v) is 16.7. The van der Waals surface area contributed by atoms with Gasteiger partial charge in [-0.1, -0.05) is 36.4 Å². The number of carboxylic acids is 1. The Hall–Kier alpha value is -3.43. The molecule has 0 heterocycles. The van der Waals surface area contributed by atoms with Crippen molar-refractivity contribution in [2.75, 3.05) is 0 Å². The molecule has 0 fully saturated rings. The molecule has 0 aromatic heterocycles. The molecule has 0 unspecified atom stereocenters. The van der Waals surface area contributed by atoms with E-state index in [4.69, 9.17) is 9.84 Å². The van der Waals surface area contributed by atoms with Gasteiger partial charge in [-0.3, -0.25) is 0 Å². The molecule has 0 saturated heterocycles. The van der Waals surface area contributed by atoms with Crippen molar-refractivity contribution in [2.45, 2.75) is 6.61 Å². The molecule has 3 aromatic rings. The van der Waals surface area contributed by atoms with E-state index in [9.17, 15) is 14.4 Å². The van der Waals surface area contributed by atoms with Gasteiger partial charge >= 0.3 is 5.97 Å². The second kappa shape index (κ2) is 9.18. The van der Waals surface area contributed by atoms with Gasteiger partial charge in [0.1, 0.15) is 18.2 Å². The lowest BCUT2D eigenvalue weighted by Gasteiger charge is -2.10. The van der Waals surface area contributed by atoms with Gasteiger partial charge in [0.05, 0.1) is 21.7 Å². The molecule has 0 bridgehead atoms. The maximum Gasteiger partial charge on any atom is 0.335 e. The first-order valence-electron chi connectivity index (χ1n) is 8.59. The predicted octanol–water partition coefficient (Wildman–Crippen LogP) is 5.93. The lowest BCUT2D eigenvalue weighted by Crippen LogP contribution is -1.98. The molecule has 0 aliphatic carbocycles. The molecule has 29 heavy (non-hydrogen) atoms. The number of hydrogen-bond donors (Lipinski definition) is 1. The highest BCUT2D eigenvalue weighted by atomic mass is 79.9. The summed E-state index contributed by atoms with van der Waals surface area (Å²) in [5, 5.41) is 18.5. The second-order valence-electron chi connectivity index (χ2n) is 6.12. The summed E-state index contributed by atoms with van der Waals surface area (Å²) in [7, 11) is 0. The van der Waals surface area contributed by atoms with Crippen LogP contribution in [0.3, 0.4) is 0 Å². The number of halogens is 2. The number of nitrogens with zero attached hydrogens (tertiary/aromatic N) is 1. The smallest absolute Gasteiger partial charge is 0.335 e. The maximum atomic E-state index is 13.7. The fourth-order valence-electron chi connectivity index (χ4n) is 2.63.